The van der Waals surface area contributed by atoms with Gasteiger partial charge in [-0.15, -0.1) is 0 Å². The van der Waals surface area contributed by atoms with E-state index in [1.54, 1.807) is 0 Å². The van der Waals surface area contributed by atoms with E-state index in [1.165, 1.54) is 0 Å². The van der Waals surface area contributed by atoms with Gasteiger partial charge in [0, 0.05) is 0 Å². The summed E-state index contributed by atoms with van der Waals surface area (Å²) in [4.78, 5) is 13.0. The average Bonchev–Trinajstić information content (AvgIpc) is 2.67. The number of ether oxygens (including phenoxy) is 1. The number of nitrogens with zero attached hydrogens (tertiary/aromatic N) is 1. The molecule has 0 spiro atoms. The molecule has 1 aromatic rings. The van der Waals surface area contributed by atoms with E-state index < -0.39 is 48.8 Å². The lowest BCUT2D eigenvalue weighted by Crippen LogP contribution is -2.47. The van der Waals surface area contributed by atoms with Crippen molar-refractivity contribution < 1.29 is 28.1 Å². The van der Waals surface area contributed by atoms with Gasteiger partial charge in [-0.3, -0.25) is 14.3 Å². The first kappa shape index (κ1) is 15.2. The lowest BCUT2D eigenvalue weighted by atomic mass is 9.97. The van der Waals surface area contributed by atoms with Gasteiger partial charge in [0.25, 0.3) is 5.56 Å². The lowest BCUT2D eigenvalue weighted by molar-refractivity contribution is -0.112. The molecule has 1 fully saturated rings. The maximum atomic E-state index is 13.9. The van der Waals surface area contributed by atoms with Crippen LogP contribution in [-0.2, 0) is 4.74 Å². The van der Waals surface area contributed by atoms with E-state index in [9.17, 15) is 23.1 Å². The summed E-state index contributed by atoms with van der Waals surface area (Å²) in [5.41, 5.74) is -3.75. The van der Waals surface area contributed by atoms with Gasteiger partial charge in [0.2, 0.25) is 5.82 Å². The highest BCUT2D eigenvalue weighted by atomic mass is 32.1. The van der Waals surface area contributed by atoms with Crippen LogP contribution in [0.5, 0.6) is 0 Å². The Bertz CT molecular complexity index is 621. The summed E-state index contributed by atoms with van der Waals surface area (Å²) in [7, 11) is 0. The molecule has 2 rings (SSSR count). The molecule has 1 aromatic heterocycles. The van der Waals surface area contributed by atoms with E-state index >= 15 is 0 Å². The third-order valence-corrected chi connectivity index (χ3v) is 3.42. The summed E-state index contributed by atoms with van der Waals surface area (Å²) in [6.07, 6.45) is -4.85. The number of aromatic nitrogens is 2. The summed E-state index contributed by atoms with van der Waals surface area (Å²) in [5.74, 6) is -1.26. The van der Waals surface area contributed by atoms with Crippen LogP contribution in [0.2, 0.25) is 0 Å². The predicted molar refractivity (Wildman–Crippen MR) is 62.7 cm³/mol. The van der Waals surface area contributed by atoms with Crippen molar-refractivity contribution in [2.75, 3.05) is 13.3 Å². The SMILES string of the molecule is O=c1[nH]c(=S)n([C@@H]2O[C@H](CO)[C@H](F)C2(O)CF)cc1F. The molecule has 0 aromatic carbocycles. The van der Waals surface area contributed by atoms with E-state index in [4.69, 9.17) is 22.1 Å². The molecule has 10 heteroatoms. The van der Waals surface area contributed by atoms with Crippen LogP contribution in [0.25, 0.3) is 0 Å². The van der Waals surface area contributed by atoms with Crippen LogP contribution >= 0.6 is 12.2 Å². The van der Waals surface area contributed by atoms with Crippen LogP contribution in [0, 0.1) is 10.6 Å². The third kappa shape index (κ3) is 2.18. The number of aromatic amines is 1. The Morgan fingerprint density at radius 3 is 2.80 bits per heavy atom. The molecule has 1 aliphatic rings. The molecular weight excluding hydrogens is 301 g/mol. The zero-order valence-corrected chi connectivity index (χ0v) is 10.7. The molecule has 0 radical (unpaired) electrons. The smallest absolute Gasteiger partial charge is 0.287 e. The molecule has 1 aliphatic heterocycles. The normalized spacial score (nSPS) is 33.5. The number of nitrogens with one attached hydrogen (secondary N) is 1. The van der Waals surface area contributed by atoms with Gasteiger partial charge in [-0.25, -0.2) is 8.78 Å². The molecule has 0 aliphatic carbocycles. The predicted octanol–water partition coefficient (Wildman–Crippen LogP) is -0.0266. The molecular formula is C10H11F3N2O4S. The fourth-order valence-corrected chi connectivity index (χ4v) is 2.27. The molecule has 6 nitrogen and oxygen atoms in total. The molecule has 0 bridgehead atoms. The Kier molecular flexibility index (Phi) is 4.00. The zero-order chi connectivity index (χ0) is 15.1. The van der Waals surface area contributed by atoms with Crippen molar-refractivity contribution in [3.63, 3.8) is 0 Å². The molecule has 2 heterocycles. The quantitative estimate of drug-likeness (QED) is 0.683. The van der Waals surface area contributed by atoms with Crippen LogP contribution in [0.4, 0.5) is 13.2 Å². The monoisotopic (exact) mass is 312 g/mol. The molecule has 0 saturated carbocycles. The second-order valence-corrected chi connectivity index (χ2v) is 4.77. The number of hydrogen-bond acceptors (Lipinski definition) is 5. The average molecular weight is 312 g/mol. The summed E-state index contributed by atoms with van der Waals surface area (Å²) in [6, 6.07) is 0. The molecule has 0 amide bonds. The molecule has 1 unspecified atom stereocenters. The summed E-state index contributed by atoms with van der Waals surface area (Å²) in [6.45, 7) is -2.35. The number of halogens is 3. The maximum Gasteiger partial charge on any atom is 0.287 e. The topological polar surface area (TPSA) is 87.5 Å². The van der Waals surface area contributed by atoms with E-state index in [-0.39, 0.29) is 4.77 Å². The highest BCUT2D eigenvalue weighted by Gasteiger charge is 2.57. The van der Waals surface area contributed by atoms with Crippen molar-refractivity contribution >= 4 is 12.2 Å². The van der Waals surface area contributed by atoms with Gasteiger partial charge in [-0.2, -0.15) is 4.39 Å². The van der Waals surface area contributed by atoms with Gasteiger partial charge in [0.05, 0.1) is 12.8 Å². The Morgan fingerprint density at radius 2 is 2.25 bits per heavy atom. The second-order valence-electron chi connectivity index (χ2n) is 4.38. The largest absolute Gasteiger partial charge is 0.394 e. The first-order chi connectivity index (χ1) is 9.35. The van der Waals surface area contributed by atoms with Gasteiger partial charge in [0.1, 0.15) is 12.8 Å². The third-order valence-electron chi connectivity index (χ3n) is 3.11. The number of H-pyrrole nitrogens is 1. The number of rotatable bonds is 3. The van der Waals surface area contributed by atoms with E-state index in [1.807, 2.05) is 4.98 Å². The Morgan fingerprint density at radius 1 is 1.60 bits per heavy atom. The minimum absolute atomic E-state index is 0.376. The highest BCUT2D eigenvalue weighted by molar-refractivity contribution is 7.71. The van der Waals surface area contributed by atoms with Crippen LogP contribution < -0.4 is 5.56 Å². The number of aliphatic hydroxyl groups is 2. The van der Waals surface area contributed by atoms with Gasteiger partial charge >= 0.3 is 0 Å². The van der Waals surface area contributed by atoms with Crippen LogP contribution in [-0.4, -0.2) is 50.9 Å². The van der Waals surface area contributed by atoms with Crippen LogP contribution in [0.15, 0.2) is 11.0 Å². The standard InChI is InChI=1S/C10H11F3N2O4S/c11-3-10(18)6(13)5(2-16)19-8(10)15-1-4(12)7(17)14-9(15)20/h1,5-6,8,16,18H,2-3H2,(H,14,17,20)/t5-,6+,8-,10?/m1/s1. The molecule has 20 heavy (non-hydrogen) atoms. The Labute approximate surface area is 115 Å². The van der Waals surface area contributed by atoms with Gasteiger partial charge in [-0.1, -0.05) is 0 Å². The minimum Gasteiger partial charge on any atom is -0.394 e. The highest BCUT2D eigenvalue weighted by Crippen LogP contribution is 2.40. The van der Waals surface area contributed by atoms with Crippen molar-refractivity contribution in [2.45, 2.75) is 24.1 Å². The van der Waals surface area contributed by atoms with Crippen LogP contribution in [0.3, 0.4) is 0 Å². The van der Waals surface area contributed by atoms with Gasteiger partial charge in [-0.05, 0) is 12.2 Å². The Hall–Kier alpha value is -1.23. The van der Waals surface area contributed by atoms with Gasteiger partial charge in [0.15, 0.2) is 22.8 Å². The number of alkyl halides is 2. The summed E-state index contributed by atoms with van der Waals surface area (Å²) < 4.78 is 45.5. The molecule has 4 atom stereocenters. The number of aliphatic hydroxyl groups excluding tert-OH is 1. The fraction of sp³-hybridized carbons (Fsp3) is 0.600. The zero-order valence-electron chi connectivity index (χ0n) is 9.92. The van der Waals surface area contributed by atoms with E-state index in [0.717, 1.165) is 0 Å². The first-order valence-corrected chi connectivity index (χ1v) is 5.95. The number of hydrogen-bond donors (Lipinski definition) is 3. The molecule has 1 saturated heterocycles. The molecule has 112 valence electrons. The first-order valence-electron chi connectivity index (χ1n) is 5.55. The van der Waals surface area contributed by atoms with Crippen molar-refractivity contribution in [3.05, 3.63) is 27.1 Å². The van der Waals surface area contributed by atoms with Crippen molar-refractivity contribution in [1.29, 1.82) is 0 Å². The van der Waals surface area contributed by atoms with E-state index in [0.29, 0.717) is 10.8 Å². The second kappa shape index (κ2) is 5.28. The molecule has 3 N–H and O–H groups in total. The minimum atomic E-state index is -2.64. The van der Waals surface area contributed by atoms with Crippen LogP contribution in [0.1, 0.15) is 6.23 Å². The van der Waals surface area contributed by atoms with Crippen molar-refractivity contribution in [3.8, 4) is 0 Å². The van der Waals surface area contributed by atoms with Crippen molar-refractivity contribution in [1.82, 2.24) is 9.55 Å². The fourth-order valence-electron chi connectivity index (χ4n) is 2.03. The summed E-state index contributed by atoms with van der Waals surface area (Å²) >= 11 is 4.74. The van der Waals surface area contributed by atoms with E-state index in [2.05, 4.69) is 0 Å². The Balaban J connectivity index is 2.54. The summed E-state index contributed by atoms with van der Waals surface area (Å²) in [5, 5.41) is 18.9. The lowest BCUT2D eigenvalue weighted by Gasteiger charge is -2.28. The maximum absolute atomic E-state index is 13.9. The van der Waals surface area contributed by atoms with Gasteiger partial charge < -0.3 is 14.9 Å². The van der Waals surface area contributed by atoms with Crippen molar-refractivity contribution in [2.24, 2.45) is 0 Å².